The maximum absolute atomic E-state index is 13.8. The summed E-state index contributed by atoms with van der Waals surface area (Å²) in [5.41, 5.74) is 5.58. The minimum atomic E-state index is -3.97. The second kappa shape index (κ2) is 5.24. The Balaban J connectivity index is 2.21. The highest BCUT2D eigenvalue weighted by Gasteiger charge is 2.34. The van der Waals surface area contributed by atoms with E-state index in [1.54, 1.807) is 7.11 Å². The molecule has 0 bridgehead atoms. The maximum atomic E-state index is 13.8. The van der Waals surface area contributed by atoms with Gasteiger partial charge in [-0.2, -0.15) is 0 Å². The second-order valence-corrected chi connectivity index (χ2v) is 6.55. The van der Waals surface area contributed by atoms with Gasteiger partial charge in [0.2, 0.25) is 10.0 Å². The van der Waals surface area contributed by atoms with Crippen molar-refractivity contribution in [1.29, 1.82) is 0 Å². The van der Waals surface area contributed by atoms with Crippen LogP contribution in [0, 0.1) is 5.82 Å². The second-order valence-electron chi connectivity index (χ2n) is 4.46. The fourth-order valence-electron chi connectivity index (χ4n) is 1.92. The standard InChI is InChI=1S/C11H14ClFN2O3S/c1-18-8-4-7(5-8)15-19(16,17)10-3-6(14)2-9(12)11(10)13/h2-3,7-8,15H,4-5,14H2,1H3. The number of nitrogen functional groups attached to an aromatic ring is 1. The number of hydrogen-bond donors (Lipinski definition) is 2. The molecule has 0 aromatic heterocycles. The van der Waals surface area contributed by atoms with Gasteiger partial charge in [-0.25, -0.2) is 17.5 Å². The molecule has 1 aromatic carbocycles. The zero-order valence-corrected chi connectivity index (χ0v) is 11.8. The molecule has 0 unspecified atom stereocenters. The molecule has 0 atom stereocenters. The van der Waals surface area contributed by atoms with Crippen molar-refractivity contribution < 1.29 is 17.5 Å². The minimum Gasteiger partial charge on any atom is -0.399 e. The van der Waals surface area contributed by atoms with Crippen LogP contribution in [-0.2, 0) is 14.8 Å². The number of hydrogen-bond acceptors (Lipinski definition) is 4. The Morgan fingerprint density at radius 3 is 2.68 bits per heavy atom. The number of nitrogens with one attached hydrogen (secondary N) is 1. The molecule has 0 radical (unpaired) electrons. The van der Waals surface area contributed by atoms with Crippen molar-refractivity contribution in [2.75, 3.05) is 12.8 Å². The van der Waals surface area contributed by atoms with Crippen LogP contribution in [0.4, 0.5) is 10.1 Å². The lowest BCUT2D eigenvalue weighted by Crippen LogP contribution is -2.47. The lowest BCUT2D eigenvalue weighted by atomic mass is 9.90. The highest BCUT2D eigenvalue weighted by molar-refractivity contribution is 7.89. The third kappa shape index (κ3) is 3.00. The molecule has 3 N–H and O–H groups in total. The molecule has 1 aliphatic rings. The molecule has 0 aliphatic heterocycles. The average molecular weight is 309 g/mol. The summed E-state index contributed by atoms with van der Waals surface area (Å²) in [7, 11) is -2.41. The lowest BCUT2D eigenvalue weighted by molar-refractivity contribution is 0.0236. The first-order valence-electron chi connectivity index (χ1n) is 5.63. The molecule has 8 heteroatoms. The van der Waals surface area contributed by atoms with Crippen molar-refractivity contribution >= 4 is 27.3 Å². The number of anilines is 1. The summed E-state index contributed by atoms with van der Waals surface area (Å²) in [6.45, 7) is 0. The molecule has 106 valence electrons. The Labute approximate surface area is 115 Å². The first kappa shape index (κ1) is 14.5. The van der Waals surface area contributed by atoms with Gasteiger partial charge in [0.25, 0.3) is 0 Å². The van der Waals surface area contributed by atoms with Crippen LogP contribution < -0.4 is 10.5 Å². The molecule has 19 heavy (non-hydrogen) atoms. The highest BCUT2D eigenvalue weighted by Crippen LogP contribution is 2.28. The smallest absolute Gasteiger partial charge is 0.243 e. The van der Waals surface area contributed by atoms with Gasteiger partial charge in [0.1, 0.15) is 4.90 Å². The van der Waals surface area contributed by atoms with Gasteiger partial charge in [0.05, 0.1) is 11.1 Å². The van der Waals surface area contributed by atoms with Gasteiger partial charge in [-0.15, -0.1) is 0 Å². The fourth-order valence-corrected chi connectivity index (χ4v) is 3.60. The van der Waals surface area contributed by atoms with E-state index in [-0.39, 0.29) is 22.9 Å². The van der Waals surface area contributed by atoms with E-state index in [9.17, 15) is 12.8 Å². The number of nitrogens with two attached hydrogens (primary N) is 1. The van der Waals surface area contributed by atoms with E-state index in [0.29, 0.717) is 12.8 Å². The van der Waals surface area contributed by atoms with Crippen molar-refractivity contribution in [2.24, 2.45) is 0 Å². The number of rotatable bonds is 4. The van der Waals surface area contributed by atoms with Gasteiger partial charge >= 0.3 is 0 Å². The van der Waals surface area contributed by atoms with Gasteiger partial charge in [-0.3, -0.25) is 0 Å². The molecule has 1 saturated carbocycles. The highest BCUT2D eigenvalue weighted by atomic mass is 35.5. The van der Waals surface area contributed by atoms with E-state index in [4.69, 9.17) is 22.1 Å². The first-order chi connectivity index (χ1) is 8.83. The largest absolute Gasteiger partial charge is 0.399 e. The molecular weight excluding hydrogens is 295 g/mol. The third-order valence-corrected chi connectivity index (χ3v) is 4.85. The molecule has 5 nitrogen and oxygen atoms in total. The van der Waals surface area contributed by atoms with Gasteiger partial charge in [0, 0.05) is 18.8 Å². The summed E-state index contributed by atoms with van der Waals surface area (Å²) in [5.74, 6) is -0.994. The van der Waals surface area contributed by atoms with Crippen LogP contribution in [0.1, 0.15) is 12.8 Å². The van der Waals surface area contributed by atoms with E-state index in [1.165, 1.54) is 6.07 Å². The zero-order chi connectivity index (χ0) is 14.2. The minimum absolute atomic E-state index is 0.0435. The molecule has 1 aliphatic carbocycles. The Hall–Kier alpha value is -0.890. The average Bonchev–Trinajstić information content (AvgIpc) is 2.27. The topological polar surface area (TPSA) is 81.4 Å². The van der Waals surface area contributed by atoms with Crippen molar-refractivity contribution in [3.8, 4) is 0 Å². The summed E-state index contributed by atoms with van der Waals surface area (Å²) in [5, 5.41) is -0.316. The third-order valence-electron chi connectivity index (χ3n) is 3.06. The van der Waals surface area contributed by atoms with E-state index in [0.717, 1.165) is 6.07 Å². The summed E-state index contributed by atoms with van der Waals surface area (Å²) in [4.78, 5) is -0.529. The Morgan fingerprint density at radius 1 is 1.47 bits per heavy atom. The Morgan fingerprint density at radius 2 is 2.11 bits per heavy atom. The number of sulfonamides is 1. The van der Waals surface area contributed by atoms with Crippen LogP contribution in [-0.4, -0.2) is 27.7 Å². The fraction of sp³-hybridized carbons (Fsp3) is 0.455. The summed E-state index contributed by atoms with van der Waals surface area (Å²) >= 11 is 5.59. The van der Waals surface area contributed by atoms with Gasteiger partial charge in [-0.1, -0.05) is 11.6 Å². The first-order valence-corrected chi connectivity index (χ1v) is 7.49. The maximum Gasteiger partial charge on any atom is 0.243 e. The number of methoxy groups -OCH3 is 1. The Kier molecular flexibility index (Phi) is 4.00. The van der Waals surface area contributed by atoms with Crippen molar-refractivity contribution in [3.05, 3.63) is 23.0 Å². The Bertz CT molecular complexity index is 588. The van der Waals surface area contributed by atoms with E-state index < -0.39 is 20.7 Å². The monoisotopic (exact) mass is 308 g/mol. The zero-order valence-electron chi connectivity index (χ0n) is 10.2. The van der Waals surface area contributed by atoms with Gasteiger partial charge in [0.15, 0.2) is 5.82 Å². The lowest BCUT2D eigenvalue weighted by Gasteiger charge is -2.34. The number of ether oxygens (including phenoxy) is 1. The predicted molar refractivity (Wildman–Crippen MR) is 70.0 cm³/mol. The quantitative estimate of drug-likeness (QED) is 0.826. The molecule has 1 fully saturated rings. The van der Waals surface area contributed by atoms with Crippen molar-refractivity contribution in [2.45, 2.75) is 29.9 Å². The molecular formula is C11H14ClFN2O3S. The molecule has 0 spiro atoms. The normalized spacial score (nSPS) is 23.1. The van der Waals surface area contributed by atoms with E-state index in [2.05, 4.69) is 4.72 Å². The molecule has 0 heterocycles. The van der Waals surface area contributed by atoms with Crippen LogP contribution in [0.2, 0.25) is 5.02 Å². The SMILES string of the molecule is COC1CC(NS(=O)(=O)c2cc(N)cc(Cl)c2F)C1. The van der Waals surface area contributed by atoms with Gasteiger partial charge < -0.3 is 10.5 Å². The number of halogens is 2. The summed E-state index contributed by atoms with van der Waals surface area (Å²) < 4.78 is 45.3. The number of benzene rings is 1. The molecule has 2 rings (SSSR count). The van der Waals surface area contributed by atoms with Crippen LogP contribution >= 0.6 is 11.6 Å². The summed E-state index contributed by atoms with van der Waals surface area (Å²) in [6.07, 6.45) is 1.17. The van der Waals surface area contributed by atoms with Crippen LogP contribution in [0.5, 0.6) is 0 Å². The van der Waals surface area contributed by atoms with Crippen molar-refractivity contribution in [1.82, 2.24) is 4.72 Å². The predicted octanol–water partition coefficient (Wildman–Crippen LogP) is 1.52. The molecule has 1 aromatic rings. The van der Waals surface area contributed by atoms with Gasteiger partial charge in [-0.05, 0) is 25.0 Å². The van der Waals surface area contributed by atoms with Crippen LogP contribution in [0.25, 0.3) is 0 Å². The van der Waals surface area contributed by atoms with Crippen molar-refractivity contribution in [3.63, 3.8) is 0 Å². The van der Waals surface area contributed by atoms with Crippen LogP contribution in [0.3, 0.4) is 0 Å². The summed E-state index contributed by atoms with van der Waals surface area (Å²) in [6, 6.07) is 1.96. The van der Waals surface area contributed by atoms with E-state index >= 15 is 0 Å². The van der Waals surface area contributed by atoms with E-state index in [1.807, 2.05) is 0 Å². The van der Waals surface area contributed by atoms with Crippen LogP contribution in [0.15, 0.2) is 17.0 Å². The molecule has 0 saturated heterocycles. The molecule has 0 amide bonds.